The van der Waals surface area contributed by atoms with E-state index in [1.807, 2.05) is 30.3 Å². The number of aromatic nitrogens is 2. The molecule has 0 unspecified atom stereocenters. The Hall–Kier alpha value is -2.69. The van der Waals surface area contributed by atoms with Crippen LogP contribution in [-0.2, 0) is 16.1 Å². The fraction of sp³-hybridized carbons (Fsp3) is 0.0714. The van der Waals surface area contributed by atoms with Gasteiger partial charge in [0.25, 0.3) is 11.8 Å². The van der Waals surface area contributed by atoms with Crippen molar-refractivity contribution >= 4 is 17.5 Å². The first-order valence-corrected chi connectivity index (χ1v) is 5.86. The van der Waals surface area contributed by atoms with Crippen LogP contribution in [-0.4, -0.2) is 21.6 Å². The molecule has 1 aromatic heterocycles. The first kappa shape index (κ1) is 11.4. The molecule has 2 amide bonds. The van der Waals surface area contributed by atoms with Crippen LogP contribution in [0.15, 0.2) is 54.9 Å². The lowest BCUT2D eigenvalue weighted by molar-refractivity contribution is -0.119. The topological polar surface area (TPSA) is 55.2 Å². The third kappa shape index (κ3) is 2.18. The van der Waals surface area contributed by atoms with Gasteiger partial charge < -0.3 is 0 Å². The van der Waals surface area contributed by atoms with Crippen LogP contribution in [0.5, 0.6) is 0 Å². The third-order valence-electron chi connectivity index (χ3n) is 2.87. The maximum Gasteiger partial charge on any atom is 0.258 e. The van der Waals surface area contributed by atoms with E-state index in [1.54, 1.807) is 10.9 Å². The zero-order valence-corrected chi connectivity index (χ0v) is 10.1. The summed E-state index contributed by atoms with van der Waals surface area (Å²) in [6, 6.07) is 9.85. The maximum absolute atomic E-state index is 11.5. The molecule has 0 aliphatic carbocycles. The lowest BCUT2D eigenvalue weighted by Gasteiger charge is -2.09. The van der Waals surface area contributed by atoms with Gasteiger partial charge in [-0.15, -0.1) is 0 Å². The average molecular weight is 253 g/mol. The molecule has 94 valence electrons. The van der Waals surface area contributed by atoms with Gasteiger partial charge in [0.2, 0.25) is 0 Å². The van der Waals surface area contributed by atoms with E-state index in [-0.39, 0.29) is 11.8 Å². The predicted octanol–water partition coefficient (Wildman–Crippen LogP) is 1.36. The molecule has 0 N–H and O–H groups in total. The fourth-order valence-electron chi connectivity index (χ4n) is 1.98. The summed E-state index contributed by atoms with van der Waals surface area (Å²) in [5.41, 5.74) is 1.60. The van der Waals surface area contributed by atoms with Crippen molar-refractivity contribution in [2.75, 3.05) is 4.90 Å². The fourth-order valence-corrected chi connectivity index (χ4v) is 1.98. The van der Waals surface area contributed by atoms with Crippen LogP contribution in [0.1, 0.15) is 5.56 Å². The second-order valence-electron chi connectivity index (χ2n) is 4.23. The molecule has 1 aromatic carbocycles. The second kappa shape index (κ2) is 4.53. The van der Waals surface area contributed by atoms with Crippen LogP contribution in [0.4, 0.5) is 5.69 Å². The minimum absolute atomic E-state index is 0.329. The van der Waals surface area contributed by atoms with Crippen molar-refractivity contribution in [2.24, 2.45) is 0 Å². The number of hydrogen-bond acceptors (Lipinski definition) is 3. The number of anilines is 1. The number of carbonyl (C=O) groups is 2. The summed E-state index contributed by atoms with van der Waals surface area (Å²) in [7, 11) is 0. The first-order chi connectivity index (χ1) is 9.24. The minimum Gasteiger partial charge on any atom is -0.269 e. The Morgan fingerprint density at radius 2 is 1.68 bits per heavy atom. The van der Waals surface area contributed by atoms with E-state index in [0.717, 1.165) is 10.5 Å². The summed E-state index contributed by atoms with van der Waals surface area (Å²) >= 11 is 0. The number of rotatable bonds is 3. The Morgan fingerprint density at radius 1 is 1.00 bits per heavy atom. The highest BCUT2D eigenvalue weighted by molar-refractivity contribution is 6.28. The molecule has 0 spiro atoms. The Labute approximate surface area is 109 Å². The van der Waals surface area contributed by atoms with Crippen molar-refractivity contribution in [3.8, 4) is 0 Å². The molecule has 3 rings (SSSR count). The zero-order chi connectivity index (χ0) is 13.2. The summed E-state index contributed by atoms with van der Waals surface area (Å²) in [5, 5.41) is 4.17. The molecule has 19 heavy (non-hydrogen) atoms. The van der Waals surface area contributed by atoms with E-state index < -0.39 is 0 Å². The highest BCUT2D eigenvalue weighted by Crippen LogP contribution is 2.18. The van der Waals surface area contributed by atoms with E-state index >= 15 is 0 Å². The molecule has 1 aliphatic rings. The molecule has 2 heterocycles. The van der Waals surface area contributed by atoms with Gasteiger partial charge in [0, 0.05) is 18.3 Å². The maximum atomic E-state index is 11.5. The molecule has 0 bridgehead atoms. The molecule has 2 aromatic rings. The molecule has 0 radical (unpaired) electrons. The number of amides is 2. The molecule has 1 aliphatic heterocycles. The van der Waals surface area contributed by atoms with Crippen LogP contribution >= 0.6 is 0 Å². The van der Waals surface area contributed by atoms with Gasteiger partial charge in [0.05, 0.1) is 18.4 Å². The molecular weight excluding hydrogens is 242 g/mol. The lowest BCUT2D eigenvalue weighted by atomic mass is 10.2. The second-order valence-corrected chi connectivity index (χ2v) is 4.23. The summed E-state index contributed by atoms with van der Waals surface area (Å²) in [5.74, 6) is -0.659. The largest absolute Gasteiger partial charge is 0.269 e. The van der Waals surface area contributed by atoms with Gasteiger partial charge in [0.1, 0.15) is 0 Å². The molecule has 0 fully saturated rings. The average Bonchev–Trinajstić information content (AvgIpc) is 2.98. The van der Waals surface area contributed by atoms with Gasteiger partial charge in [-0.1, -0.05) is 30.3 Å². The monoisotopic (exact) mass is 253 g/mol. The number of carbonyl (C=O) groups excluding carboxylic acids is 2. The van der Waals surface area contributed by atoms with Crippen LogP contribution in [0.25, 0.3) is 0 Å². The molecule has 0 atom stereocenters. The van der Waals surface area contributed by atoms with Gasteiger partial charge in [-0.2, -0.15) is 5.10 Å². The van der Waals surface area contributed by atoms with Crippen molar-refractivity contribution in [3.63, 3.8) is 0 Å². The summed E-state index contributed by atoms with van der Waals surface area (Å²) in [6.07, 6.45) is 5.73. The van der Waals surface area contributed by atoms with Gasteiger partial charge in [-0.25, -0.2) is 4.90 Å². The Morgan fingerprint density at radius 3 is 2.37 bits per heavy atom. The Kier molecular flexibility index (Phi) is 2.72. The van der Waals surface area contributed by atoms with Gasteiger partial charge in [0.15, 0.2) is 0 Å². The van der Waals surface area contributed by atoms with Crippen LogP contribution < -0.4 is 4.90 Å². The highest BCUT2D eigenvalue weighted by atomic mass is 16.2. The van der Waals surface area contributed by atoms with Crippen LogP contribution in [0.2, 0.25) is 0 Å². The van der Waals surface area contributed by atoms with Crippen molar-refractivity contribution < 1.29 is 9.59 Å². The van der Waals surface area contributed by atoms with Gasteiger partial charge in [-0.05, 0) is 5.56 Å². The van der Waals surface area contributed by atoms with E-state index in [1.165, 1.54) is 18.3 Å². The smallest absolute Gasteiger partial charge is 0.258 e. The molecule has 5 nitrogen and oxygen atoms in total. The quantitative estimate of drug-likeness (QED) is 0.776. The molecule has 5 heteroatoms. The number of imide groups is 1. The SMILES string of the molecule is O=C1C=CC(=O)N1c1cnn(Cc2ccccc2)c1. The minimum atomic E-state index is -0.329. The van der Waals surface area contributed by atoms with Crippen molar-refractivity contribution in [1.29, 1.82) is 0 Å². The normalized spacial score (nSPS) is 14.4. The van der Waals surface area contributed by atoms with Crippen LogP contribution in [0, 0.1) is 0 Å². The summed E-state index contributed by atoms with van der Waals surface area (Å²) in [4.78, 5) is 24.2. The van der Waals surface area contributed by atoms with Crippen LogP contribution in [0.3, 0.4) is 0 Å². The standard InChI is InChI=1S/C14H11N3O2/c18-13-6-7-14(19)17(13)12-8-15-16(10-12)9-11-4-2-1-3-5-11/h1-8,10H,9H2. The van der Waals surface area contributed by atoms with Crippen molar-refractivity contribution in [2.45, 2.75) is 6.54 Å². The zero-order valence-electron chi connectivity index (χ0n) is 10.1. The Bertz CT molecular complexity index is 640. The Balaban J connectivity index is 1.81. The van der Waals surface area contributed by atoms with Gasteiger partial charge >= 0.3 is 0 Å². The lowest BCUT2D eigenvalue weighted by Crippen LogP contribution is -2.29. The summed E-state index contributed by atoms with van der Waals surface area (Å²) < 4.78 is 1.70. The number of hydrogen-bond donors (Lipinski definition) is 0. The molecule has 0 saturated heterocycles. The van der Waals surface area contributed by atoms with E-state index in [2.05, 4.69) is 5.10 Å². The van der Waals surface area contributed by atoms with Crippen molar-refractivity contribution in [3.05, 3.63) is 60.4 Å². The molecule has 0 saturated carbocycles. The predicted molar refractivity (Wildman–Crippen MR) is 69.4 cm³/mol. The molecular formula is C14H11N3O2. The highest BCUT2D eigenvalue weighted by Gasteiger charge is 2.26. The van der Waals surface area contributed by atoms with Gasteiger partial charge in [-0.3, -0.25) is 14.3 Å². The van der Waals surface area contributed by atoms with Crippen molar-refractivity contribution in [1.82, 2.24) is 9.78 Å². The van der Waals surface area contributed by atoms with E-state index in [0.29, 0.717) is 12.2 Å². The number of benzene rings is 1. The number of nitrogens with zero attached hydrogens (tertiary/aromatic N) is 3. The van der Waals surface area contributed by atoms with E-state index in [4.69, 9.17) is 0 Å². The van der Waals surface area contributed by atoms with E-state index in [9.17, 15) is 9.59 Å². The first-order valence-electron chi connectivity index (χ1n) is 5.86. The third-order valence-corrected chi connectivity index (χ3v) is 2.87. The summed E-state index contributed by atoms with van der Waals surface area (Å²) in [6.45, 7) is 0.602.